The van der Waals surface area contributed by atoms with Crippen molar-refractivity contribution in [1.82, 2.24) is 0 Å². The Morgan fingerprint density at radius 1 is 1.38 bits per heavy atom. The first-order chi connectivity index (χ1) is 6.28. The van der Waals surface area contributed by atoms with Gasteiger partial charge in [0.15, 0.2) is 0 Å². The van der Waals surface area contributed by atoms with Crippen LogP contribution in [-0.4, -0.2) is 12.4 Å². The zero-order valence-corrected chi connectivity index (χ0v) is 8.58. The van der Waals surface area contributed by atoms with Gasteiger partial charge >= 0.3 is 0 Å². The zero-order chi connectivity index (χ0) is 9.26. The van der Waals surface area contributed by atoms with E-state index in [2.05, 4.69) is 15.9 Å². The highest BCUT2D eigenvalue weighted by atomic mass is 79.9. The minimum absolute atomic E-state index is 0.369. The highest BCUT2D eigenvalue weighted by Gasteiger charge is 2.23. The van der Waals surface area contributed by atoms with Crippen molar-refractivity contribution in [3.63, 3.8) is 0 Å². The van der Waals surface area contributed by atoms with E-state index in [-0.39, 0.29) is 0 Å². The monoisotopic (exact) mass is 240 g/mol. The third-order valence-electron chi connectivity index (χ3n) is 1.86. The molecule has 0 atom stereocenters. The van der Waals surface area contributed by atoms with E-state index in [1.807, 2.05) is 6.07 Å². The van der Waals surface area contributed by atoms with Crippen LogP contribution in [0.5, 0.6) is 5.75 Å². The van der Waals surface area contributed by atoms with Crippen LogP contribution in [0.15, 0.2) is 22.7 Å². The molecule has 2 rings (SSSR count). The quantitative estimate of drug-likeness (QED) is 0.760. The zero-order valence-electron chi connectivity index (χ0n) is 7.00. The van der Waals surface area contributed by atoms with Crippen LogP contribution in [-0.2, 0) is 0 Å². The van der Waals surface area contributed by atoms with Crippen LogP contribution in [0.1, 0.15) is 23.2 Å². The number of halogens is 1. The van der Waals surface area contributed by atoms with E-state index < -0.39 is 0 Å². The Morgan fingerprint density at radius 3 is 2.77 bits per heavy atom. The van der Waals surface area contributed by atoms with Gasteiger partial charge in [0.2, 0.25) is 0 Å². The third kappa shape index (κ3) is 2.31. The normalized spacial score (nSPS) is 15.5. The number of carbonyl (C=O) groups is 1. The van der Waals surface area contributed by atoms with Gasteiger partial charge in [-0.3, -0.25) is 4.79 Å². The van der Waals surface area contributed by atoms with Crippen LogP contribution in [0.3, 0.4) is 0 Å². The molecule has 0 saturated heterocycles. The van der Waals surface area contributed by atoms with E-state index in [1.54, 1.807) is 12.1 Å². The van der Waals surface area contributed by atoms with Gasteiger partial charge in [-0.2, -0.15) is 0 Å². The lowest BCUT2D eigenvalue weighted by atomic mass is 10.2. The van der Waals surface area contributed by atoms with Gasteiger partial charge in [-0.25, -0.2) is 0 Å². The van der Waals surface area contributed by atoms with E-state index in [9.17, 15) is 4.79 Å². The summed E-state index contributed by atoms with van der Waals surface area (Å²) in [5, 5.41) is 0. The van der Waals surface area contributed by atoms with Crippen molar-refractivity contribution in [1.29, 1.82) is 0 Å². The van der Waals surface area contributed by atoms with Crippen molar-refractivity contribution in [2.45, 2.75) is 18.9 Å². The van der Waals surface area contributed by atoms with Crippen molar-refractivity contribution in [2.24, 2.45) is 0 Å². The summed E-state index contributed by atoms with van der Waals surface area (Å²) in [6.07, 6.45) is 3.45. The van der Waals surface area contributed by atoms with Crippen LogP contribution in [0.4, 0.5) is 0 Å². The average Bonchev–Trinajstić information content (AvgIpc) is 2.87. The maximum absolute atomic E-state index is 10.5. The smallest absolute Gasteiger partial charge is 0.150 e. The molecule has 2 nitrogen and oxygen atoms in total. The van der Waals surface area contributed by atoms with E-state index >= 15 is 0 Å². The predicted molar refractivity (Wildman–Crippen MR) is 53.2 cm³/mol. The maximum atomic E-state index is 10.5. The number of aldehydes is 1. The highest BCUT2D eigenvalue weighted by Crippen LogP contribution is 2.29. The minimum atomic E-state index is 0.369. The van der Waals surface area contributed by atoms with Crippen LogP contribution in [0.25, 0.3) is 0 Å². The van der Waals surface area contributed by atoms with Gasteiger partial charge in [0.1, 0.15) is 12.0 Å². The van der Waals surface area contributed by atoms with Gasteiger partial charge in [0.25, 0.3) is 0 Å². The van der Waals surface area contributed by atoms with Crippen molar-refractivity contribution >= 4 is 22.2 Å². The first kappa shape index (κ1) is 8.75. The molecule has 0 unspecified atom stereocenters. The van der Waals surface area contributed by atoms with Gasteiger partial charge in [-0.15, -0.1) is 0 Å². The Morgan fingerprint density at radius 2 is 2.15 bits per heavy atom. The summed E-state index contributed by atoms with van der Waals surface area (Å²) in [7, 11) is 0. The van der Waals surface area contributed by atoms with E-state index in [0.29, 0.717) is 11.7 Å². The molecule has 1 aliphatic rings. The minimum Gasteiger partial charge on any atom is -0.490 e. The molecule has 0 spiro atoms. The molecule has 0 bridgehead atoms. The average molecular weight is 241 g/mol. The van der Waals surface area contributed by atoms with Gasteiger partial charge < -0.3 is 4.74 Å². The molecule has 0 aliphatic heterocycles. The van der Waals surface area contributed by atoms with E-state index in [0.717, 1.165) is 29.4 Å². The molecule has 0 amide bonds. The van der Waals surface area contributed by atoms with Gasteiger partial charge in [0, 0.05) is 10.0 Å². The molecule has 1 saturated carbocycles. The van der Waals surface area contributed by atoms with Crippen LogP contribution in [0.2, 0.25) is 0 Å². The summed E-state index contributed by atoms with van der Waals surface area (Å²) < 4.78 is 6.44. The fourth-order valence-electron chi connectivity index (χ4n) is 1.10. The number of benzene rings is 1. The number of ether oxygens (including phenoxy) is 1. The second-order valence-corrected chi connectivity index (χ2v) is 4.07. The summed E-state index contributed by atoms with van der Waals surface area (Å²) in [6.45, 7) is 0. The molecular formula is C10H9BrO2. The van der Waals surface area contributed by atoms with Crippen molar-refractivity contribution in [2.75, 3.05) is 0 Å². The Kier molecular flexibility index (Phi) is 2.36. The lowest BCUT2D eigenvalue weighted by Gasteiger charge is -2.04. The molecule has 0 radical (unpaired) electrons. The SMILES string of the molecule is O=Cc1cc(Br)cc(OC2CC2)c1. The highest BCUT2D eigenvalue weighted by molar-refractivity contribution is 9.10. The number of rotatable bonds is 3. The van der Waals surface area contributed by atoms with Gasteiger partial charge in [0.05, 0.1) is 6.10 Å². The first-order valence-corrected chi connectivity index (χ1v) is 4.99. The van der Waals surface area contributed by atoms with Crippen LogP contribution >= 0.6 is 15.9 Å². The fraction of sp³-hybridized carbons (Fsp3) is 0.300. The first-order valence-electron chi connectivity index (χ1n) is 4.20. The molecule has 1 aliphatic carbocycles. The summed E-state index contributed by atoms with van der Waals surface area (Å²) >= 11 is 3.33. The largest absolute Gasteiger partial charge is 0.490 e. The van der Waals surface area contributed by atoms with E-state index in [1.165, 1.54) is 0 Å². The van der Waals surface area contributed by atoms with Gasteiger partial charge in [-0.1, -0.05) is 15.9 Å². The van der Waals surface area contributed by atoms with E-state index in [4.69, 9.17) is 4.74 Å². The van der Waals surface area contributed by atoms with Crippen LogP contribution in [0, 0.1) is 0 Å². The molecule has 0 heterocycles. The summed E-state index contributed by atoms with van der Waals surface area (Å²) in [5.74, 6) is 0.777. The maximum Gasteiger partial charge on any atom is 0.150 e. The molecule has 0 N–H and O–H groups in total. The molecule has 68 valence electrons. The third-order valence-corrected chi connectivity index (χ3v) is 2.31. The second-order valence-electron chi connectivity index (χ2n) is 3.16. The summed E-state index contributed by atoms with van der Waals surface area (Å²) in [4.78, 5) is 10.5. The summed E-state index contributed by atoms with van der Waals surface area (Å²) in [6, 6.07) is 5.41. The lowest BCUT2D eigenvalue weighted by Crippen LogP contribution is -1.96. The van der Waals surface area contributed by atoms with Crippen molar-refractivity contribution < 1.29 is 9.53 Å². The van der Waals surface area contributed by atoms with Gasteiger partial charge in [-0.05, 0) is 31.0 Å². The Labute approximate surface area is 85.0 Å². The lowest BCUT2D eigenvalue weighted by molar-refractivity contribution is 0.112. The predicted octanol–water partition coefficient (Wildman–Crippen LogP) is 2.80. The van der Waals surface area contributed by atoms with Crippen molar-refractivity contribution in [3.8, 4) is 5.75 Å². The molecule has 1 aromatic carbocycles. The Bertz CT molecular complexity index is 332. The van der Waals surface area contributed by atoms with Crippen molar-refractivity contribution in [3.05, 3.63) is 28.2 Å². The topological polar surface area (TPSA) is 26.3 Å². The van der Waals surface area contributed by atoms with Crippen LogP contribution < -0.4 is 4.74 Å². The number of hydrogen-bond donors (Lipinski definition) is 0. The molecule has 3 heteroatoms. The molecule has 1 fully saturated rings. The molecular weight excluding hydrogens is 232 g/mol. The number of hydrogen-bond acceptors (Lipinski definition) is 2. The Hall–Kier alpha value is -0.830. The standard InChI is InChI=1S/C10H9BrO2/c11-8-3-7(6-12)4-10(5-8)13-9-1-2-9/h3-6,9H,1-2H2. The fourth-order valence-corrected chi connectivity index (χ4v) is 1.59. The second kappa shape index (κ2) is 3.50. The molecule has 0 aromatic heterocycles. The summed E-state index contributed by atoms with van der Waals surface area (Å²) in [5.41, 5.74) is 0.644. The number of carbonyl (C=O) groups excluding carboxylic acids is 1. The Balaban J connectivity index is 2.22. The molecule has 13 heavy (non-hydrogen) atoms. The molecule has 1 aromatic rings.